The van der Waals surface area contributed by atoms with Crippen LogP contribution < -0.4 is 5.73 Å². The predicted octanol–water partition coefficient (Wildman–Crippen LogP) is 1.33. The molecule has 2 atom stereocenters. The van der Waals surface area contributed by atoms with E-state index in [9.17, 15) is 0 Å². The second kappa shape index (κ2) is 3.66. The number of hydrogen-bond acceptors (Lipinski definition) is 2. The number of piperidine rings is 1. The largest absolute Gasteiger partial charge is 0.388 e. The molecule has 0 aromatic rings. The summed E-state index contributed by atoms with van der Waals surface area (Å²) >= 11 is 0. The maximum atomic E-state index is 7.22. The minimum absolute atomic E-state index is 0.338. The normalized spacial score (nSPS) is 33.5. The van der Waals surface area contributed by atoms with Gasteiger partial charge in [-0.25, -0.2) is 0 Å². The van der Waals surface area contributed by atoms with Crippen LogP contribution in [0.5, 0.6) is 0 Å². The monoisotopic (exact) mass is 181 g/mol. The molecule has 0 spiro atoms. The minimum atomic E-state index is 0.338. The van der Waals surface area contributed by atoms with Crippen molar-refractivity contribution in [1.82, 2.24) is 4.90 Å². The van der Waals surface area contributed by atoms with Gasteiger partial charge in [0, 0.05) is 25.0 Å². The van der Waals surface area contributed by atoms with Gasteiger partial charge in [0.25, 0.3) is 0 Å². The molecule has 2 rings (SSSR count). The van der Waals surface area contributed by atoms with Gasteiger partial charge in [0.2, 0.25) is 0 Å². The van der Waals surface area contributed by atoms with Crippen LogP contribution in [0.2, 0.25) is 0 Å². The summed E-state index contributed by atoms with van der Waals surface area (Å²) in [6, 6.07) is 1.64. The van der Waals surface area contributed by atoms with Crippen LogP contribution in [0.3, 0.4) is 0 Å². The summed E-state index contributed by atoms with van der Waals surface area (Å²) in [4.78, 5) is 2.59. The highest BCUT2D eigenvalue weighted by Crippen LogP contribution is 2.35. The van der Waals surface area contributed by atoms with E-state index in [4.69, 9.17) is 11.1 Å². The smallest absolute Gasteiger partial charge is 0.0918 e. The maximum Gasteiger partial charge on any atom is 0.0918 e. The molecule has 2 unspecified atom stereocenters. The van der Waals surface area contributed by atoms with Crippen molar-refractivity contribution in [2.45, 2.75) is 50.6 Å². The number of nitrogens with zero attached hydrogens (tertiary/aromatic N) is 1. The molecule has 0 amide bonds. The Hall–Kier alpha value is -0.570. The molecule has 2 aliphatic heterocycles. The van der Waals surface area contributed by atoms with E-state index >= 15 is 0 Å². The Balaban J connectivity index is 1.88. The fraction of sp³-hybridized carbons (Fsp3) is 0.900. The number of hydrogen-bond donors (Lipinski definition) is 2. The molecule has 2 bridgehead atoms. The van der Waals surface area contributed by atoms with Gasteiger partial charge >= 0.3 is 0 Å². The van der Waals surface area contributed by atoms with Crippen LogP contribution in [-0.4, -0.2) is 29.4 Å². The molecule has 0 radical (unpaired) electrons. The van der Waals surface area contributed by atoms with Gasteiger partial charge in [-0.15, -0.1) is 0 Å². The summed E-state index contributed by atoms with van der Waals surface area (Å²) in [6.07, 6.45) is 7.66. The summed E-state index contributed by atoms with van der Waals surface area (Å²) in [6.45, 7) is 1.02. The maximum absolute atomic E-state index is 7.22. The van der Waals surface area contributed by atoms with Crippen molar-refractivity contribution in [3.8, 4) is 0 Å². The molecule has 0 saturated carbocycles. The van der Waals surface area contributed by atoms with Crippen molar-refractivity contribution in [3.63, 3.8) is 0 Å². The summed E-state index contributed by atoms with van der Waals surface area (Å²) in [5, 5.41) is 7.22. The van der Waals surface area contributed by atoms with Gasteiger partial charge in [0.15, 0.2) is 0 Å². The van der Waals surface area contributed by atoms with Gasteiger partial charge in [0.1, 0.15) is 0 Å². The molecule has 2 fully saturated rings. The highest BCUT2D eigenvalue weighted by Gasteiger charge is 2.35. The van der Waals surface area contributed by atoms with Crippen molar-refractivity contribution in [1.29, 1.82) is 5.41 Å². The average molecular weight is 181 g/mol. The van der Waals surface area contributed by atoms with Gasteiger partial charge in [-0.05, 0) is 25.7 Å². The molecular weight excluding hydrogens is 162 g/mol. The number of fused-ring (bicyclic) bond motifs is 2. The van der Waals surface area contributed by atoms with Crippen LogP contribution >= 0.6 is 0 Å². The average Bonchev–Trinajstić information content (AvgIpc) is 2.34. The SMILES string of the molecule is N=C(N)CCN1C2CCCC1CC2. The zero-order valence-corrected chi connectivity index (χ0v) is 8.13. The van der Waals surface area contributed by atoms with Crippen molar-refractivity contribution < 1.29 is 0 Å². The van der Waals surface area contributed by atoms with E-state index in [1.54, 1.807) is 0 Å². The first kappa shape index (κ1) is 9.00. The zero-order chi connectivity index (χ0) is 9.26. The van der Waals surface area contributed by atoms with E-state index in [1.807, 2.05) is 0 Å². The fourth-order valence-electron chi connectivity index (χ4n) is 2.84. The molecule has 3 N–H and O–H groups in total. The minimum Gasteiger partial charge on any atom is -0.388 e. The van der Waals surface area contributed by atoms with Crippen LogP contribution in [0.25, 0.3) is 0 Å². The third-order valence-corrected chi connectivity index (χ3v) is 3.49. The van der Waals surface area contributed by atoms with Crippen molar-refractivity contribution >= 4 is 5.84 Å². The Morgan fingerprint density at radius 2 is 1.85 bits per heavy atom. The van der Waals surface area contributed by atoms with Gasteiger partial charge in [-0.1, -0.05) is 6.42 Å². The topological polar surface area (TPSA) is 53.1 Å². The highest BCUT2D eigenvalue weighted by molar-refractivity contribution is 5.76. The molecule has 0 aromatic carbocycles. The quantitative estimate of drug-likeness (QED) is 0.510. The van der Waals surface area contributed by atoms with Crippen LogP contribution in [-0.2, 0) is 0 Å². The lowest BCUT2D eigenvalue weighted by molar-refractivity contribution is 0.144. The van der Waals surface area contributed by atoms with Gasteiger partial charge in [-0.3, -0.25) is 10.3 Å². The molecular formula is C10H19N3. The number of amidine groups is 1. The first-order valence-corrected chi connectivity index (χ1v) is 5.36. The molecule has 13 heavy (non-hydrogen) atoms. The molecule has 2 saturated heterocycles. The van der Waals surface area contributed by atoms with Crippen LogP contribution in [0.4, 0.5) is 0 Å². The Morgan fingerprint density at radius 3 is 2.38 bits per heavy atom. The molecule has 0 aliphatic carbocycles. The Labute approximate surface area is 79.8 Å². The lowest BCUT2D eigenvalue weighted by atomic mass is 10.0. The molecule has 2 aliphatic rings. The second-order valence-electron chi connectivity index (χ2n) is 4.33. The van der Waals surface area contributed by atoms with Gasteiger partial charge in [0.05, 0.1) is 5.84 Å². The Bertz CT molecular complexity index is 186. The molecule has 74 valence electrons. The Morgan fingerprint density at radius 1 is 1.23 bits per heavy atom. The molecule has 2 heterocycles. The number of rotatable bonds is 3. The van der Waals surface area contributed by atoms with Gasteiger partial charge < -0.3 is 5.73 Å². The van der Waals surface area contributed by atoms with Crippen molar-refractivity contribution in [3.05, 3.63) is 0 Å². The lowest BCUT2D eigenvalue weighted by Crippen LogP contribution is -2.41. The highest BCUT2D eigenvalue weighted by atomic mass is 15.2. The number of nitrogens with two attached hydrogens (primary N) is 1. The molecule has 3 nitrogen and oxygen atoms in total. The summed E-state index contributed by atoms with van der Waals surface area (Å²) in [7, 11) is 0. The van der Waals surface area contributed by atoms with E-state index in [0.29, 0.717) is 5.84 Å². The predicted molar refractivity (Wildman–Crippen MR) is 53.9 cm³/mol. The van der Waals surface area contributed by atoms with Crippen molar-refractivity contribution in [2.24, 2.45) is 5.73 Å². The Kier molecular flexibility index (Phi) is 2.54. The van der Waals surface area contributed by atoms with E-state index < -0.39 is 0 Å². The second-order valence-corrected chi connectivity index (χ2v) is 4.33. The molecule has 3 heteroatoms. The third-order valence-electron chi connectivity index (χ3n) is 3.49. The van der Waals surface area contributed by atoms with Crippen molar-refractivity contribution in [2.75, 3.05) is 6.54 Å². The third kappa shape index (κ3) is 1.85. The van der Waals surface area contributed by atoms with E-state index in [2.05, 4.69) is 4.90 Å². The number of nitrogens with one attached hydrogen (secondary N) is 1. The standard InChI is InChI=1S/C10H19N3/c11-10(12)6-7-13-8-2-1-3-9(13)5-4-8/h8-9H,1-7H2,(H3,11,12). The van der Waals surface area contributed by atoms with Gasteiger partial charge in [-0.2, -0.15) is 0 Å². The first-order chi connectivity index (χ1) is 6.27. The van der Waals surface area contributed by atoms with E-state index in [0.717, 1.165) is 25.0 Å². The summed E-state index contributed by atoms with van der Waals surface area (Å²) < 4.78 is 0. The lowest BCUT2D eigenvalue weighted by Gasteiger charge is -2.34. The zero-order valence-electron chi connectivity index (χ0n) is 8.13. The fourth-order valence-corrected chi connectivity index (χ4v) is 2.84. The van der Waals surface area contributed by atoms with E-state index in [1.165, 1.54) is 32.1 Å². The summed E-state index contributed by atoms with van der Waals surface area (Å²) in [5.41, 5.74) is 5.38. The van der Waals surface area contributed by atoms with Crippen LogP contribution in [0, 0.1) is 5.41 Å². The van der Waals surface area contributed by atoms with Crippen LogP contribution in [0.1, 0.15) is 38.5 Å². The van der Waals surface area contributed by atoms with Crippen LogP contribution in [0.15, 0.2) is 0 Å². The first-order valence-electron chi connectivity index (χ1n) is 5.36. The molecule has 0 aromatic heterocycles. The summed E-state index contributed by atoms with van der Waals surface area (Å²) in [5.74, 6) is 0.338. The van der Waals surface area contributed by atoms with E-state index in [-0.39, 0.29) is 0 Å².